The van der Waals surface area contributed by atoms with Gasteiger partial charge in [-0.1, -0.05) is 0 Å². The molecule has 104 valence electrons. The number of rotatable bonds is 2. The second-order valence-electron chi connectivity index (χ2n) is 5.83. The van der Waals surface area contributed by atoms with Gasteiger partial charge in [-0.2, -0.15) is 5.26 Å². The summed E-state index contributed by atoms with van der Waals surface area (Å²) in [6, 6.07) is 3.93. The van der Waals surface area contributed by atoms with Crippen molar-refractivity contribution < 1.29 is 4.79 Å². The minimum Gasteiger partial charge on any atom is -0.341 e. The molecule has 0 bridgehead atoms. The number of amides is 1. The van der Waals surface area contributed by atoms with Crippen LogP contribution >= 0.6 is 0 Å². The van der Waals surface area contributed by atoms with E-state index in [0.717, 1.165) is 32.4 Å². The molecule has 0 aromatic carbocycles. The van der Waals surface area contributed by atoms with Crippen molar-refractivity contribution in [1.29, 1.82) is 5.26 Å². The summed E-state index contributed by atoms with van der Waals surface area (Å²) in [6.07, 6.45) is 5.78. The Morgan fingerprint density at radius 1 is 1.55 bits per heavy atom. The summed E-state index contributed by atoms with van der Waals surface area (Å²) in [4.78, 5) is 29.2. The molecular formula is C14H16N4O2. The summed E-state index contributed by atoms with van der Waals surface area (Å²) in [5.74, 6) is 0.114. The predicted molar refractivity (Wildman–Crippen MR) is 70.5 cm³/mol. The lowest BCUT2D eigenvalue weighted by atomic mass is 9.62. The van der Waals surface area contributed by atoms with Gasteiger partial charge >= 0.3 is 5.69 Å². The average molecular weight is 272 g/mol. The Morgan fingerprint density at radius 3 is 3.05 bits per heavy atom. The fraction of sp³-hybridized carbons (Fsp3) is 0.571. The van der Waals surface area contributed by atoms with Gasteiger partial charge in [0.1, 0.15) is 6.54 Å². The van der Waals surface area contributed by atoms with Crippen molar-refractivity contribution in [3.8, 4) is 6.07 Å². The number of likely N-dealkylation sites (tertiary alicyclic amines) is 1. The quantitative estimate of drug-likeness (QED) is 0.780. The van der Waals surface area contributed by atoms with Crippen LogP contribution in [-0.4, -0.2) is 33.4 Å². The highest BCUT2D eigenvalue weighted by Gasteiger charge is 2.49. The highest BCUT2D eigenvalue weighted by molar-refractivity contribution is 5.76. The third-order valence-corrected chi connectivity index (χ3v) is 4.42. The second kappa shape index (κ2) is 4.75. The van der Waals surface area contributed by atoms with Gasteiger partial charge in [0.2, 0.25) is 5.91 Å². The Balaban J connectivity index is 1.62. The lowest BCUT2D eigenvalue weighted by molar-refractivity contribution is -0.131. The van der Waals surface area contributed by atoms with Gasteiger partial charge in [0.25, 0.3) is 0 Å². The van der Waals surface area contributed by atoms with Crippen LogP contribution in [0.2, 0.25) is 0 Å². The number of carbonyl (C=O) groups excluding carboxylic acids is 1. The molecule has 0 unspecified atom stereocenters. The fourth-order valence-corrected chi connectivity index (χ4v) is 3.31. The zero-order valence-corrected chi connectivity index (χ0v) is 11.2. The van der Waals surface area contributed by atoms with Gasteiger partial charge in [-0.25, -0.2) is 9.78 Å². The van der Waals surface area contributed by atoms with Crippen LogP contribution in [0.1, 0.15) is 19.3 Å². The molecule has 1 aliphatic heterocycles. The molecule has 0 radical (unpaired) electrons. The third-order valence-electron chi connectivity index (χ3n) is 4.42. The van der Waals surface area contributed by atoms with Crippen LogP contribution in [0, 0.1) is 22.7 Å². The first-order valence-electron chi connectivity index (χ1n) is 6.81. The van der Waals surface area contributed by atoms with Gasteiger partial charge in [0.15, 0.2) is 0 Å². The van der Waals surface area contributed by atoms with Crippen molar-refractivity contribution in [3.63, 3.8) is 0 Å². The van der Waals surface area contributed by atoms with Crippen molar-refractivity contribution in [3.05, 3.63) is 28.9 Å². The summed E-state index contributed by atoms with van der Waals surface area (Å²) in [5, 5.41) is 8.85. The van der Waals surface area contributed by atoms with Crippen LogP contribution in [0.4, 0.5) is 0 Å². The molecule has 1 aliphatic carbocycles. The molecule has 2 aliphatic rings. The Kier molecular flexibility index (Phi) is 3.05. The molecule has 0 N–H and O–H groups in total. The van der Waals surface area contributed by atoms with Crippen LogP contribution in [0.3, 0.4) is 0 Å². The average Bonchev–Trinajstić information content (AvgIpc) is 2.85. The summed E-state index contributed by atoms with van der Waals surface area (Å²) in [5.41, 5.74) is -0.237. The normalized spacial score (nSPS) is 28.1. The summed E-state index contributed by atoms with van der Waals surface area (Å²) in [6.45, 7) is 1.50. The standard InChI is InChI=1S/C14H16N4O2/c15-8-11-6-14(7-11)2-5-18(10-14)12(19)9-17-4-1-3-16-13(17)20/h1,3-4,11H,2,5-7,9-10H2. The monoisotopic (exact) mass is 272 g/mol. The minimum absolute atomic E-state index is 0.0441. The van der Waals surface area contributed by atoms with Crippen LogP contribution in [0.15, 0.2) is 23.3 Å². The van der Waals surface area contributed by atoms with Crippen molar-refractivity contribution in [2.75, 3.05) is 13.1 Å². The highest BCUT2D eigenvalue weighted by Crippen LogP contribution is 2.51. The van der Waals surface area contributed by atoms with E-state index in [9.17, 15) is 9.59 Å². The molecule has 0 atom stereocenters. The number of hydrogen-bond donors (Lipinski definition) is 0. The van der Waals surface area contributed by atoms with Crippen molar-refractivity contribution in [1.82, 2.24) is 14.5 Å². The molecule has 1 saturated heterocycles. The lowest BCUT2D eigenvalue weighted by Crippen LogP contribution is -2.41. The molecule has 20 heavy (non-hydrogen) atoms. The van der Waals surface area contributed by atoms with E-state index in [1.165, 1.54) is 10.8 Å². The summed E-state index contributed by atoms with van der Waals surface area (Å²) < 4.78 is 1.33. The van der Waals surface area contributed by atoms with Crippen molar-refractivity contribution in [2.24, 2.45) is 11.3 Å². The summed E-state index contributed by atoms with van der Waals surface area (Å²) >= 11 is 0. The maximum atomic E-state index is 12.2. The van der Waals surface area contributed by atoms with E-state index in [2.05, 4.69) is 11.1 Å². The van der Waals surface area contributed by atoms with E-state index in [1.54, 1.807) is 12.3 Å². The molecule has 6 heteroatoms. The van der Waals surface area contributed by atoms with Gasteiger partial charge in [-0.3, -0.25) is 9.36 Å². The van der Waals surface area contributed by atoms with Gasteiger partial charge in [-0.15, -0.1) is 0 Å². The molecular weight excluding hydrogens is 256 g/mol. The molecule has 2 heterocycles. The lowest BCUT2D eigenvalue weighted by Gasteiger charge is -2.41. The van der Waals surface area contributed by atoms with Crippen LogP contribution < -0.4 is 5.69 Å². The van der Waals surface area contributed by atoms with E-state index in [0.29, 0.717) is 0 Å². The Bertz CT molecular complexity index is 625. The van der Waals surface area contributed by atoms with E-state index in [1.807, 2.05) is 4.90 Å². The molecule has 6 nitrogen and oxygen atoms in total. The van der Waals surface area contributed by atoms with E-state index in [-0.39, 0.29) is 23.8 Å². The van der Waals surface area contributed by atoms with Crippen LogP contribution in [-0.2, 0) is 11.3 Å². The largest absolute Gasteiger partial charge is 0.347 e. The zero-order valence-electron chi connectivity index (χ0n) is 11.2. The molecule has 1 aromatic heterocycles. The maximum absolute atomic E-state index is 12.2. The van der Waals surface area contributed by atoms with Gasteiger partial charge in [-0.05, 0) is 30.7 Å². The molecule has 1 spiro atoms. The SMILES string of the molecule is N#CC1CC2(CCN(C(=O)Cn3cccnc3=O)C2)C1. The number of carbonyl (C=O) groups is 1. The first-order valence-corrected chi connectivity index (χ1v) is 6.81. The van der Waals surface area contributed by atoms with Crippen molar-refractivity contribution >= 4 is 5.91 Å². The molecule has 2 fully saturated rings. The van der Waals surface area contributed by atoms with Gasteiger partial charge < -0.3 is 4.90 Å². The summed E-state index contributed by atoms with van der Waals surface area (Å²) in [7, 11) is 0. The number of hydrogen-bond acceptors (Lipinski definition) is 4. The number of nitriles is 1. The van der Waals surface area contributed by atoms with Crippen molar-refractivity contribution in [2.45, 2.75) is 25.8 Å². The number of nitrogens with zero attached hydrogens (tertiary/aromatic N) is 4. The Hall–Kier alpha value is -2.16. The third kappa shape index (κ3) is 2.20. The maximum Gasteiger partial charge on any atom is 0.347 e. The minimum atomic E-state index is -0.400. The number of aromatic nitrogens is 2. The first kappa shape index (κ1) is 12.9. The van der Waals surface area contributed by atoms with Gasteiger partial charge in [0.05, 0.1) is 6.07 Å². The van der Waals surface area contributed by atoms with E-state index < -0.39 is 5.69 Å². The van der Waals surface area contributed by atoms with Gasteiger partial charge in [0, 0.05) is 31.4 Å². The molecule has 1 aromatic rings. The second-order valence-corrected chi connectivity index (χ2v) is 5.83. The Labute approximate surface area is 116 Å². The highest BCUT2D eigenvalue weighted by atomic mass is 16.2. The fourth-order valence-electron chi connectivity index (χ4n) is 3.31. The van der Waals surface area contributed by atoms with Crippen LogP contribution in [0.5, 0.6) is 0 Å². The van der Waals surface area contributed by atoms with Crippen LogP contribution in [0.25, 0.3) is 0 Å². The van der Waals surface area contributed by atoms with E-state index >= 15 is 0 Å². The van der Waals surface area contributed by atoms with E-state index in [4.69, 9.17) is 5.26 Å². The zero-order chi connectivity index (χ0) is 14.2. The smallest absolute Gasteiger partial charge is 0.341 e. The molecule has 3 rings (SSSR count). The predicted octanol–water partition coefficient (Wildman–Crippen LogP) is 0.396. The molecule has 1 amide bonds. The Morgan fingerprint density at radius 2 is 2.35 bits per heavy atom. The molecule has 1 saturated carbocycles. The first-order chi connectivity index (χ1) is 9.62. The topological polar surface area (TPSA) is 79.0 Å².